The van der Waals surface area contributed by atoms with Gasteiger partial charge in [-0.25, -0.2) is 0 Å². The minimum atomic E-state index is 0.860. The summed E-state index contributed by atoms with van der Waals surface area (Å²) in [6.45, 7) is 0. The molecule has 0 bridgehead atoms. The van der Waals surface area contributed by atoms with Gasteiger partial charge in [-0.05, 0) is 123 Å². The minimum Gasteiger partial charge on any atom is -0.455 e. The SMILES string of the molecule is c1cc(-c2ccc(N(c3ccc(-c4cccc5c4oc4ccccc45)cc3)c3ccccc3-c3ccc4c(c3)c3cccc5c3n4-c3ccccc3O5)cc2)cc(-c2ccc3ccccc3c2)c1. The van der Waals surface area contributed by atoms with Crippen LogP contribution in [-0.2, 0) is 0 Å². The summed E-state index contributed by atoms with van der Waals surface area (Å²) in [5.74, 6) is 1.73. The molecule has 0 amide bonds. The van der Waals surface area contributed by atoms with Crippen molar-refractivity contribution in [3.8, 4) is 61.7 Å². The zero-order valence-corrected chi connectivity index (χ0v) is 36.8. The maximum absolute atomic E-state index is 6.49. The molecule has 4 nitrogen and oxygen atoms in total. The van der Waals surface area contributed by atoms with E-state index in [1.54, 1.807) is 0 Å². The number of furan rings is 1. The number of aromatic nitrogens is 1. The van der Waals surface area contributed by atoms with Crippen LogP contribution in [0.1, 0.15) is 0 Å². The highest BCUT2D eigenvalue weighted by atomic mass is 16.5. The summed E-state index contributed by atoms with van der Waals surface area (Å²) in [6, 6.07) is 87.1. The molecule has 68 heavy (non-hydrogen) atoms. The molecule has 0 atom stereocenters. The standard InChI is InChI=1S/C64H40N2O2/c1-2-13-44-39-47(27-26-41(44)12-1)46-15-9-14-45(38-46)42-28-33-49(34-29-42)65(50-35-30-43(31-36-50)52-18-10-20-55-53-17-4-7-23-60(53)68-64(52)55)57-21-5-3-16-51(57)48-32-37-58-56(40-48)54-19-11-25-62-63(54)66(58)59-22-6-8-24-61(59)67-62/h1-40H. The molecule has 0 fully saturated rings. The van der Waals surface area contributed by atoms with Gasteiger partial charge < -0.3 is 18.6 Å². The molecule has 0 saturated carbocycles. The van der Waals surface area contributed by atoms with E-state index in [0.29, 0.717) is 0 Å². The Labute approximate surface area is 392 Å². The van der Waals surface area contributed by atoms with Gasteiger partial charge in [-0.3, -0.25) is 0 Å². The first-order chi connectivity index (χ1) is 33.7. The summed E-state index contributed by atoms with van der Waals surface area (Å²) in [6.07, 6.45) is 0. The monoisotopic (exact) mass is 868 g/mol. The van der Waals surface area contributed by atoms with Crippen LogP contribution in [0.3, 0.4) is 0 Å². The summed E-state index contributed by atoms with van der Waals surface area (Å²) < 4.78 is 15.3. The first-order valence-electron chi connectivity index (χ1n) is 23.1. The molecule has 3 heterocycles. The fraction of sp³-hybridized carbons (Fsp3) is 0. The Morgan fingerprint density at radius 1 is 0.353 bits per heavy atom. The van der Waals surface area contributed by atoms with E-state index in [1.807, 2.05) is 24.3 Å². The number of anilines is 3. The van der Waals surface area contributed by atoms with Gasteiger partial charge in [0.2, 0.25) is 0 Å². The molecule has 14 rings (SSSR count). The molecule has 1 aliphatic rings. The van der Waals surface area contributed by atoms with Gasteiger partial charge in [-0.2, -0.15) is 0 Å². The van der Waals surface area contributed by atoms with E-state index in [9.17, 15) is 0 Å². The zero-order valence-electron chi connectivity index (χ0n) is 36.8. The van der Waals surface area contributed by atoms with Crippen LogP contribution >= 0.6 is 0 Å². The lowest BCUT2D eigenvalue weighted by Gasteiger charge is -2.28. The van der Waals surface area contributed by atoms with E-state index >= 15 is 0 Å². The lowest BCUT2D eigenvalue weighted by molar-refractivity contribution is 0.476. The number of ether oxygens (including phenoxy) is 1. The first-order valence-corrected chi connectivity index (χ1v) is 23.1. The third-order valence-corrected chi connectivity index (χ3v) is 13.8. The van der Waals surface area contributed by atoms with Gasteiger partial charge in [0.1, 0.15) is 11.2 Å². The normalized spacial score (nSPS) is 11.9. The third kappa shape index (κ3) is 6.08. The Kier molecular flexibility index (Phi) is 8.55. The first kappa shape index (κ1) is 38.2. The highest BCUT2D eigenvalue weighted by molar-refractivity contribution is 6.14. The molecule has 2 aromatic heterocycles. The van der Waals surface area contributed by atoms with Crippen molar-refractivity contribution in [2.45, 2.75) is 0 Å². The summed E-state index contributed by atoms with van der Waals surface area (Å²) in [4.78, 5) is 2.39. The molecule has 318 valence electrons. The number of fused-ring (bicyclic) bond motifs is 9. The molecule has 0 unspecified atom stereocenters. The van der Waals surface area contributed by atoms with Crippen molar-refractivity contribution in [3.63, 3.8) is 0 Å². The van der Waals surface area contributed by atoms with Crippen molar-refractivity contribution in [3.05, 3.63) is 243 Å². The summed E-state index contributed by atoms with van der Waals surface area (Å²) in [5.41, 5.74) is 17.4. The van der Waals surface area contributed by atoms with Gasteiger partial charge in [-0.1, -0.05) is 164 Å². The number of hydrogen-bond acceptors (Lipinski definition) is 3. The Morgan fingerprint density at radius 3 is 1.85 bits per heavy atom. The topological polar surface area (TPSA) is 30.5 Å². The molecular formula is C64H40N2O2. The van der Waals surface area contributed by atoms with Crippen LogP contribution in [-0.4, -0.2) is 4.57 Å². The second kappa shape index (κ2) is 15.2. The highest BCUT2D eigenvalue weighted by Crippen LogP contribution is 2.48. The fourth-order valence-electron chi connectivity index (χ4n) is 10.5. The van der Waals surface area contributed by atoms with Gasteiger partial charge in [0, 0.05) is 44.0 Å². The predicted octanol–water partition coefficient (Wildman–Crippen LogP) is 18.1. The van der Waals surface area contributed by atoms with Gasteiger partial charge in [0.15, 0.2) is 11.5 Å². The van der Waals surface area contributed by atoms with Gasteiger partial charge in [0.05, 0.1) is 22.4 Å². The van der Waals surface area contributed by atoms with E-state index in [2.05, 4.69) is 228 Å². The van der Waals surface area contributed by atoms with Crippen LogP contribution < -0.4 is 9.64 Å². The number of hydrogen-bond donors (Lipinski definition) is 0. The molecular weight excluding hydrogens is 829 g/mol. The maximum Gasteiger partial charge on any atom is 0.152 e. The van der Waals surface area contributed by atoms with Crippen molar-refractivity contribution in [1.29, 1.82) is 0 Å². The summed E-state index contributed by atoms with van der Waals surface area (Å²) >= 11 is 0. The molecule has 0 spiro atoms. The molecule has 4 heteroatoms. The van der Waals surface area contributed by atoms with Crippen LogP contribution in [0.4, 0.5) is 17.1 Å². The van der Waals surface area contributed by atoms with E-state index in [0.717, 1.165) is 95.0 Å². The molecule has 13 aromatic rings. The van der Waals surface area contributed by atoms with Gasteiger partial charge in [0.25, 0.3) is 0 Å². The van der Waals surface area contributed by atoms with Crippen molar-refractivity contribution in [2.24, 2.45) is 0 Å². The molecule has 0 aliphatic carbocycles. The molecule has 0 N–H and O–H groups in total. The van der Waals surface area contributed by atoms with E-state index in [4.69, 9.17) is 9.15 Å². The van der Waals surface area contributed by atoms with Crippen molar-refractivity contribution >= 4 is 71.6 Å². The van der Waals surface area contributed by atoms with Crippen molar-refractivity contribution < 1.29 is 9.15 Å². The number of para-hydroxylation sites is 6. The zero-order chi connectivity index (χ0) is 44.7. The third-order valence-electron chi connectivity index (χ3n) is 13.8. The van der Waals surface area contributed by atoms with Crippen LogP contribution in [0.2, 0.25) is 0 Å². The highest BCUT2D eigenvalue weighted by Gasteiger charge is 2.25. The molecule has 1 aliphatic heterocycles. The van der Waals surface area contributed by atoms with E-state index in [-0.39, 0.29) is 0 Å². The van der Waals surface area contributed by atoms with Crippen LogP contribution in [0.5, 0.6) is 11.5 Å². The quantitative estimate of drug-likeness (QED) is 0.160. The average molecular weight is 869 g/mol. The Bertz CT molecular complexity index is 4120. The maximum atomic E-state index is 6.49. The van der Waals surface area contributed by atoms with E-state index in [1.165, 1.54) is 38.2 Å². The summed E-state index contributed by atoms with van der Waals surface area (Å²) in [5, 5.41) is 7.08. The lowest BCUT2D eigenvalue weighted by atomic mass is 9.96. The van der Waals surface area contributed by atoms with Crippen molar-refractivity contribution in [1.82, 2.24) is 4.57 Å². The average Bonchev–Trinajstić information content (AvgIpc) is 3.96. The Morgan fingerprint density at radius 2 is 0.971 bits per heavy atom. The molecule has 0 radical (unpaired) electrons. The Balaban J connectivity index is 0.896. The van der Waals surface area contributed by atoms with E-state index < -0.39 is 0 Å². The van der Waals surface area contributed by atoms with Crippen LogP contribution in [0, 0.1) is 0 Å². The largest absolute Gasteiger partial charge is 0.455 e. The van der Waals surface area contributed by atoms with Gasteiger partial charge in [-0.15, -0.1) is 0 Å². The summed E-state index contributed by atoms with van der Waals surface area (Å²) in [7, 11) is 0. The lowest BCUT2D eigenvalue weighted by Crippen LogP contribution is -2.11. The number of nitrogens with zero attached hydrogens (tertiary/aromatic N) is 2. The number of rotatable bonds is 7. The fourth-order valence-corrected chi connectivity index (χ4v) is 10.5. The van der Waals surface area contributed by atoms with Crippen LogP contribution in [0.25, 0.3) is 105 Å². The Hall–Kier alpha value is -9.12. The molecule has 11 aromatic carbocycles. The second-order valence-corrected chi connectivity index (χ2v) is 17.7. The van der Waals surface area contributed by atoms with Crippen molar-refractivity contribution in [2.75, 3.05) is 4.90 Å². The van der Waals surface area contributed by atoms with Crippen LogP contribution in [0.15, 0.2) is 247 Å². The smallest absolute Gasteiger partial charge is 0.152 e. The van der Waals surface area contributed by atoms with Gasteiger partial charge >= 0.3 is 0 Å². The molecule has 0 saturated heterocycles. The predicted molar refractivity (Wildman–Crippen MR) is 282 cm³/mol. The minimum absolute atomic E-state index is 0.860. The second-order valence-electron chi connectivity index (χ2n) is 17.7. The number of benzene rings is 11.